The molecule has 1 heterocycles. The van der Waals surface area contributed by atoms with E-state index in [0.717, 1.165) is 25.9 Å². The number of alkyl carbamates (subject to hydrolysis) is 1. The van der Waals surface area contributed by atoms with Crippen LogP contribution in [-0.4, -0.2) is 30.8 Å². The number of amides is 1. The second-order valence-electron chi connectivity index (χ2n) is 6.77. The van der Waals surface area contributed by atoms with Gasteiger partial charge in [0.25, 0.3) is 0 Å². The third kappa shape index (κ3) is 4.96. The Labute approximate surface area is 127 Å². The summed E-state index contributed by atoms with van der Waals surface area (Å²) in [4.78, 5) is 14.2. The lowest BCUT2D eigenvalue weighted by molar-refractivity contribution is 0.0500. The number of carbonyl (C=O) groups excluding carboxylic acids is 1. The Morgan fingerprint density at radius 1 is 1.29 bits per heavy atom. The Kier molecular flexibility index (Phi) is 4.76. The third-order valence-electron chi connectivity index (χ3n) is 3.54. The van der Waals surface area contributed by atoms with Crippen molar-refractivity contribution in [1.82, 2.24) is 5.32 Å². The van der Waals surface area contributed by atoms with Gasteiger partial charge in [0.1, 0.15) is 5.60 Å². The lowest BCUT2D eigenvalue weighted by atomic mass is 10.0. The molecule has 2 rings (SSSR count). The highest BCUT2D eigenvalue weighted by molar-refractivity contribution is 5.68. The van der Waals surface area contributed by atoms with Gasteiger partial charge in [0.05, 0.1) is 0 Å². The van der Waals surface area contributed by atoms with E-state index in [1.54, 1.807) is 0 Å². The normalized spacial score (nSPS) is 19.2. The largest absolute Gasteiger partial charge is 0.444 e. The van der Waals surface area contributed by atoms with Gasteiger partial charge in [0, 0.05) is 24.8 Å². The first-order valence-corrected chi connectivity index (χ1v) is 7.64. The van der Waals surface area contributed by atoms with Gasteiger partial charge < -0.3 is 15.0 Å². The van der Waals surface area contributed by atoms with Gasteiger partial charge in [-0.3, -0.25) is 0 Å². The third-order valence-corrected chi connectivity index (χ3v) is 3.54. The summed E-state index contributed by atoms with van der Waals surface area (Å²) in [7, 11) is 0. The molecule has 0 aliphatic carbocycles. The van der Waals surface area contributed by atoms with Crippen LogP contribution in [0.15, 0.2) is 24.3 Å². The predicted molar refractivity (Wildman–Crippen MR) is 85.8 cm³/mol. The molecule has 4 heteroatoms. The SMILES string of the molecule is Cc1ccc(N2CCC[C@@H](NC(=O)OC(C)(C)C)C2)cc1. The first-order valence-electron chi connectivity index (χ1n) is 7.64. The predicted octanol–water partition coefficient (Wildman–Crippen LogP) is 3.49. The zero-order valence-corrected chi connectivity index (χ0v) is 13.5. The summed E-state index contributed by atoms with van der Waals surface area (Å²) in [5.41, 5.74) is 2.03. The molecule has 0 spiro atoms. The number of carbonyl (C=O) groups is 1. The number of aryl methyl sites for hydroxylation is 1. The summed E-state index contributed by atoms with van der Waals surface area (Å²) in [6, 6.07) is 8.69. The van der Waals surface area contributed by atoms with Crippen molar-refractivity contribution in [2.75, 3.05) is 18.0 Å². The minimum absolute atomic E-state index is 0.148. The fourth-order valence-corrected chi connectivity index (χ4v) is 2.56. The highest BCUT2D eigenvalue weighted by Crippen LogP contribution is 2.20. The molecule has 1 aliphatic rings. The lowest BCUT2D eigenvalue weighted by Crippen LogP contribution is -2.49. The molecule has 0 saturated carbocycles. The molecule has 0 aromatic heterocycles. The van der Waals surface area contributed by atoms with Gasteiger partial charge in [-0.1, -0.05) is 17.7 Å². The quantitative estimate of drug-likeness (QED) is 0.906. The van der Waals surface area contributed by atoms with Crippen LogP contribution in [0.1, 0.15) is 39.2 Å². The Balaban J connectivity index is 1.91. The molecular weight excluding hydrogens is 264 g/mol. The average Bonchev–Trinajstić information content (AvgIpc) is 2.37. The first-order chi connectivity index (χ1) is 9.83. The summed E-state index contributed by atoms with van der Waals surface area (Å²) in [5.74, 6) is 0. The maximum Gasteiger partial charge on any atom is 0.407 e. The average molecular weight is 290 g/mol. The number of nitrogens with zero attached hydrogens (tertiary/aromatic N) is 1. The molecule has 1 atom stereocenters. The van der Waals surface area contributed by atoms with Gasteiger partial charge in [-0.2, -0.15) is 0 Å². The van der Waals surface area contributed by atoms with E-state index in [4.69, 9.17) is 4.74 Å². The lowest BCUT2D eigenvalue weighted by Gasteiger charge is -2.35. The van der Waals surface area contributed by atoms with E-state index >= 15 is 0 Å². The van der Waals surface area contributed by atoms with Crippen molar-refractivity contribution in [3.05, 3.63) is 29.8 Å². The fourth-order valence-electron chi connectivity index (χ4n) is 2.56. The Morgan fingerprint density at radius 2 is 1.95 bits per heavy atom. The van der Waals surface area contributed by atoms with Crippen LogP contribution in [0.5, 0.6) is 0 Å². The molecule has 0 unspecified atom stereocenters. The Morgan fingerprint density at radius 3 is 2.57 bits per heavy atom. The van der Waals surface area contributed by atoms with Gasteiger partial charge in [-0.05, 0) is 52.7 Å². The van der Waals surface area contributed by atoms with Crippen molar-refractivity contribution in [3.8, 4) is 0 Å². The summed E-state index contributed by atoms with van der Waals surface area (Å²) in [5, 5.41) is 2.98. The minimum Gasteiger partial charge on any atom is -0.444 e. The van der Waals surface area contributed by atoms with Crippen molar-refractivity contribution >= 4 is 11.8 Å². The van der Waals surface area contributed by atoms with E-state index in [1.807, 2.05) is 20.8 Å². The van der Waals surface area contributed by atoms with Crippen LogP contribution < -0.4 is 10.2 Å². The van der Waals surface area contributed by atoms with Crippen molar-refractivity contribution < 1.29 is 9.53 Å². The molecule has 0 radical (unpaired) electrons. The van der Waals surface area contributed by atoms with Gasteiger partial charge in [-0.25, -0.2) is 4.79 Å². The topological polar surface area (TPSA) is 41.6 Å². The van der Waals surface area contributed by atoms with Crippen LogP contribution in [0, 0.1) is 6.92 Å². The molecule has 1 aromatic rings. The molecule has 1 amide bonds. The van der Waals surface area contributed by atoms with E-state index in [-0.39, 0.29) is 12.1 Å². The summed E-state index contributed by atoms with van der Waals surface area (Å²) in [6.45, 7) is 9.61. The number of hydrogen-bond acceptors (Lipinski definition) is 3. The fraction of sp³-hybridized carbons (Fsp3) is 0.588. The maximum absolute atomic E-state index is 11.9. The molecule has 4 nitrogen and oxygen atoms in total. The maximum atomic E-state index is 11.9. The van der Waals surface area contributed by atoms with Crippen molar-refractivity contribution in [2.45, 2.75) is 52.2 Å². The number of nitrogens with one attached hydrogen (secondary N) is 1. The number of anilines is 1. The smallest absolute Gasteiger partial charge is 0.407 e. The summed E-state index contributed by atoms with van der Waals surface area (Å²) >= 11 is 0. The van der Waals surface area contributed by atoms with Gasteiger partial charge in [0.15, 0.2) is 0 Å². The van der Waals surface area contributed by atoms with Crippen LogP contribution in [0.3, 0.4) is 0 Å². The Hall–Kier alpha value is -1.71. The van der Waals surface area contributed by atoms with E-state index in [9.17, 15) is 4.79 Å². The van der Waals surface area contributed by atoms with Crippen LogP contribution in [0.2, 0.25) is 0 Å². The molecule has 1 N–H and O–H groups in total. The van der Waals surface area contributed by atoms with Gasteiger partial charge in [-0.15, -0.1) is 0 Å². The molecule has 21 heavy (non-hydrogen) atoms. The highest BCUT2D eigenvalue weighted by Gasteiger charge is 2.24. The molecule has 0 bridgehead atoms. The highest BCUT2D eigenvalue weighted by atomic mass is 16.6. The molecule has 1 aliphatic heterocycles. The number of piperidine rings is 1. The molecular formula is C17H26N2O2. The van der Waals surface area contributed by atoms with Crippen molar-refractivity contribution in [2.24, 2.45) is 0 Å². The summed E-state index contributed by atoms with van der Waals surface area (Å²) < 4.78 is 5.33. The molecule has 116 valence electrons. The van der Waals surface area contributed by atoms with Crippen molar-refractivity contribution in [1.29, 1.82) is 0 Å². The van der Waals surface area contributed by atoms with Gasteiger partial charge in [0.2, 0.25) is 0 Å². The number of ether oxygens (including phenoxy) is 1. The van der Waals surface area contributed by atoms with E-state index in [2.05, 4.69) is 41.4 Å². The van der Waals surface area contributed by atoms with E-state index in [1.165, 1.54) is 11.3 Å². The monoisotopic (exact) mass is 290 g/mol. The van der Waals surface area contributed by atoms with E-state index < -0.39 is 5.60 Å². The number of benzene rings is 1. The molecule has 1 saturated heterocycles. The number of hydrogen-bond donors (Lipinski definition) is 1. The van der Waals surface area contributed by atoms with Crippen LogP contribution in [0.4, 0.5) is 10.5 Å². The molecule has 1 aromatic carbocycles. The number of rotatable bonds is 2. The van der Waals surface area contributed by atoms with Crippen LogP contribution in [-0.2, 0) is 4.74 Å². The van der Waals surface area contributed by atoms with Gasteiger partial charge >= 0.3 is 6.09 Å². The molecule has 1 fully saturated rings. The summed E-state index contributed by atoms with van der Waals surface area (Å²) in [6.07, 6.45) is 1.76. The van der Waals surface area contributed by atoms with Crippen LogP contribution >= 0.6 is 0 Å². The standard InChI is InChI=1S/C17H26N2O2/c1-13-7-9-15(10-8-13)19-11-5-6-14(12-19)18-16(20)21-17(2,3)4/h7-10,14H,5-6,11-12H2,1-4H3,(H,18,20)/t14-/m1/s1. The second kappa shape index (κ2) is 6.37. The second-order valence-corrected chi connectivity index (χ2v) is 6.77. The zero-order chi connectivity index (χ0) is 15.5. The minimum atomic E-state index is -0.449. The van der Waals surface area contributed by atoms with Crippen LogP contribution in [0.25, 0.3) is 0 Å². The van der Waals surface area contributed by atoms with E-state index in [0.29, 0.717) is 0 Å². The first kappa shape index (κ1) is 15.7. The zero-order valence-electron chi connectivity index (χ0n) is 13.5. The Bertz CT molecular complexity index is 477. The van der Waals surface area contributed by atoms with Crippen molar-refractivity contribution in [3.63, 3.8) is 0 Å².